The van der Waals surface area contributed by atoms with Crippen LogP contribution in [-0.2, 0) is 17.6 Å². The molecule has 33 heavy (non-hydrogen) atoms. The fraction of sp³-hybridized carbons (Fsp3) is 0.321. The lowest BCUT2D eigenvalue weighted by molar-refractivity contribution is -0.121. The molecule has 2 atom stereocenters. The summed E-state index contributed by atoms with van der Waals surface area (Å²) in [7, 11) is 0. The molecule has 0 aromatic heterocycles. The average molecular weight is 481 g/mol. The lowest BCUT2D eigenvalue weighted by atomic mass is 9.86. The summed E-state index contributed by atoms with van der Waals surface area (Å²) in [4.78, 5) is 15.2. The smallest absolute Gasteiger partial charge is 0.220 e. The minimum atomic E-state index is -0.0122. The molecule has 1 aliphatic heterocycles. The fourth-order valence-corrected chi connectivity index (χ4v) is 4.92. The van der Waals surface area contributed by atoms with Crippen molar-refractivity contribution in [2.75, 3.05) is 18.0 Å². The summed E-state index contributed by atoms with van der Waals surface area (Å²) in [5.41, 5.74) is 5.07. The SMILES string of the molecule is C[C@@H](NC(=O)CCCN1CCc2ccccc21)[C@H](Cc1ccc(Cl)cc1)c1ccc(Cl)cc1. The normalized spacial score (nSPS) is 14.6. The highest BCUT2D eigenvalue weighted by molar-refractivity contribution is 6.30. The predicted octanol–water partition coefficient (Wildman–Crippen LogP) is 6.67. The first-order chi connectivity index (χ1) is 16.0. The van der Waals surface area contributed by atoms with E-state index >= 15 is 0 Å². The van der Waals surface area contributed by atoms with Gasteiger partial charge >= 0.3 is 0 Å². The van der Waals surface area contributed by atoms with Crippen molar-refractivity contribution in [2.24, 2.45) is 0 Å². The zero-order valence-corrected chi connectivity index (χ0v) is 20.4. The van der Waals surface area contributed by atoms with Crippen LogP contribution in [0.1, 0.15) is 42.4 Å². The van der Waals surface area contributed by atoms with Crippen LogP contribution in [-0.4, -0.2) is 25.0 Å². The lowest BCUT2D eigenvalue weighted by Crippen LogP contribution is -2.38. The number of amides is 1. The van der Waals surface area contributed by atoms with Crippen molar-refractivity contribution in [2.45, 2.75) is 44.6 Å². The molecule has 0 saturated carbocycles. The molecule has 3 aromatic carbocycles. The molecule has 172 valence electrons. The van der Waals surface area contributed by atoms with Gasteiger partial charge in [0.15, 0.2) is 0 Å². The van der Waals surface area contributed by atoms with Crippen molar-refractivity contribution in [1.82, 2.24) is 5.32 Å². The van der Waals surface area contributed by atoms with Crippen LogP contribution in [0.4, 0.5) is 5.69 Å². The number of carbonyl (C=O) groups excluding carboxylic acids is 1. The number of fused-ring (bicyclic) bond motifs is 1. The van der Waals surface area contributed by atoms with Crippen LogP contribution in [0.15, 0.2) is 72.8 Å². The summed E-state index contributed by atoms with van der Waals surface area (Å²) in [6.07, 6.45) is 3.27. The molecule has 1 N–H and O–H groups in total. The topological polar surface area (TPSA) is 32.3 Å². The number of rotatable bonds is 9. The summed E-state index contributed by atoms with van der Waals surface area (Å²) >= 11 is 12.2. The molecule has 0 saturated heterocycles. The Balaban J connectivity index is 1.35. The van der Waals surface area contributed by atoms with Gasteiger partial charge in [0.25, 0.3) is 0 Å². The Kier molecular flexibility index (Phi) is 7.95. The molecule has 1 aliphatic rings. The molecule has 0 aliphatic carbocycles. The second-order valence-electron chi connectivity index (χ2n) is 8.81. The third kappa shape index (κ3) is 6.31. The number of para-hydroxylation sites is 1. The summed E-state index contributed by atoms with van der Waals surface area (Å²) in [5.74, 6) is 0.239. The Labute approximate surface area is 206 Å². The number of hydrogen-bond acceptors (Lipinski definition) is 2. The first-order valence-corrected chi connectivity index (χ1v) is 12.4. The second-order valence-corrected chi connectivity index (χ2v) is 9.69. The molecular formula is C28H30Cl2N2O. The van der Waals surface area contributed by atoms with Gasteiger partial charge in [-0.3, -0.25) is 4.79 Å². The summed E-state index contributed by atoms with van der Waals surface area (Å²) in [5, 5.41) is 4.69. The Morgan fingerprint density at radius 2 is 1.64 bits per heavy atom. The highest BCUT2D eigenvalue weighted by Gasteiger charge is 2.22. The maximum atomic E-state index is 12.8. The number of halogens is 2. The molecular weight excluding hydrogens is 451 g/mol. The second kappa shape index (κ2) is 11.1. The molecule has 1 heterocycles. The summed E-state index contributed by atoms with van der Waals surface area (Å²) in [6, 6.07) is 24.4. The number of benzene rings is 3. The molecule has 1 amide bonds. The monoisotopic (exact) mass is 480 g/mol. The van der Waals surface area contributed by atoms with Gasteiger partial charge in [0.1, 0.15) is 0 Å². The third-order valence-electron chi connectivity index (χ3n) is 6.47. The van der Waals surface area contributed by atoms with Crippen LogP contribution in [0.25, 0.3) is 0 Å². The standard InChI is InChI=1S/C28H30Cl2N2O/c1-20(31-28(33)7-4-17-32-18-16-23-5-2-3-6-27(23)32)26(22-10-14-25(30)15-11-22)19-21-8-12-24(29)13-9-21/h2-3,5-6,8-15,20,26H,4,7,16-19H2,1H3,(H,31,33)/t20-,26+/m1/s1. The molecule has 0 fully saturated rings. The van der Waals surface area contributed by atoms with E-state index in [2.05, 4.69) is 53.5 Å². The van der Waals surface area contributed by atoms with E-state index < -0.39 is 0 Å². The van der Waals surface area contributed by atoms with Gasteiger partial charge in [0, 0.05) is 47.2 Å². The highest BCUT2D eigenvalue weighted by Crippen LogP contribution is 2.28. The van der Waals surface area contributed by atoms with Crippen molar-refractivity contribution in [1.29, 1.82) is 0 Å². The largest absolute Gasteiger partial charge is 0.371 e. The number of carbonyl (C=O) groups is 1. The van der Waals surface area contributed by atoms with Gasteiger partial charge in [-0.15, -0.1) is 0 Å². The van der Waals surface area contributed by atoms with E-state index in [9.17, 15) is 4.79 Å². The molecule has 3 aromatic rings. The maximum Gasteiger partial charge on any atom is 0.220 e. The van der Waals surface area contributed by atoms with Crippen molar-refractivity contribution >= 4 is 34.8 Å². The minimum absolute atomic E-state index is 0.0122. The van der Waals surface area contributed by atoms with Crippen LogP contribution < -0.4 is 10.2 Å². The van der Waals surface area contributed by atoms with Gasteiger partial charge in [0.2, 0.25) is 5.91 Å². The molecule has 0 radical (unpaired) electrons. The van der Waals surface area contributed by atoms with Crippen LogP contribution in [0.3, 0.4) is 0 Å². The summed E-state index contributed by atoms with van der Waals surface area (Å²) < 4.78 is 0. The van der Waals surface area contributed by atoms with E-state index in [0.717, 1.165) is 42.9 Å². The van der Waals surface area contributed by atoms with E-state index in [1.165, 1.54) is 16.8 Å². The van der Waals surface area contributed by atoms with Crippen LogP contribution in [0.5, 0.6) is 0 Å². The Bertz CT molecular complexity index is 1070. The lowest BCUT2D eigenvalue weighted by Gasteiger charge is -2.26. The first kappa shape index (κ1) is 23.7. The highest BCUT2D eigenvalue weighted by atomic mass is 35.5. The number of nitrogens with one attached hydrogen (secondary N) is 1. The van der Waals surface area contributed by atoms with Crippen LogP contribution in [0, 0.1) is 0 Å². The van der Waals surface area contributed by atoms with E-state index in [4.69, 9.17) is 23.2 Å². The molecule has 0 unspecified atom stereocenters. The Morgan fingerprint density at radius 3 is 2.36 bits per heavy atom. The number of hydrogen-bond donors (Lipinski definition) is 1. The molecule has 0 bridgehead atoms. The van der Waals surface area contributed by atoms with Gasteiger partial charge in [-0.2, -0.15) is 0 Å². The Hall–Kier alpha value is -2.49. The quantitative estimate of drug-likeness (QED) is 0.370. The first-order valence-electron chi connectivity index (χ1n) is 11.6. The number of nitrogens with zero attached hydrogens (tertiary/aromatic N) is 1. The Morgan fingerprint density at radius 1 is 0.970 bits per heavy atom. The minimum Gasteiger partial charge on any atom is -0.371 e. The predicted molar refractivity (Wildman–Crippen MR) is 139 cm³/mol. The van der Waals surface area contributed by atoms with Crippen molar-refractivity contribution < 1.29 is 4.79 Å². The van der Waals surface area contributed by atoms with E-state index in [1.54, 1.807) is 0 Å². The average Bonchev–Trinajstić information content (AvgIpc) is 3.22. The van der Waals surface area contributed by atoms with E-state index in [1.807, 2.05) is 36.4 Å². The zero-order chi connectivity index (χ0) is 23.2. The molecule has 5 heteroatoms. The number of anilines is 1. The van der Waals surface area contributed by atoms with Crippen LogP contribution >= 0.6 is 23.2 Å². The molecule has 4 rings (SSSR count). The van der Waals surface area contributed by atoms with Crippen LogP contribution in [0.2, 0.25) is 10.0 Å². The van der Waals surface area contributed by atoms with E-state index in [0.29, 0.717) is 11.4 Å². The van der Waals surface area contributed by atoms with Gasteiger partial charge in [-0.25, -0.2) is 0 Å². The van der Waals surface area contributed by atoms with E-state index in [-0.39, 0.29) is 17.9 Å². The van der Waals surface area contributed by atoms with Crippen molar-refractivity contribution in [3.63, 3.8) is 0 Å². The van der Waals surface area contributed by atoms with Gasteiger partial charge < -0.3 is 10.2 Å². The van der Waals surface area contributed by atoms with Gasteiger partial charge in [-0.1, -0.05) is 65.7 Å². The fourth-order valence-electron chi connectivity index (χ4n) is 4.66. The van der Waals surface area contributed by atoms with Gasteiger partial charge in [0.05, 0.1) is 0 Å². The zero-order valence-electron chi connectivity index (χ0n) is 18.9. The van der Waals surface area contributed by atoms with Crippen molar-refractivity contribution in [3.05, 3.63) is 99.5 Å². The van der Waals surface area contributed by atoms with Crippen molar-refractivity contribution in [3.8, 4) is 0 Å². The summed E-state index contributed by atoms with van der Waals surface area (Å²) in [6.45, 7) is 4.03. The maximum absolute atomic E-state index is 12.8. The molecule has 0 spiro atoms. The third-order valence-corrected chi connectivity index (χ3v) is 6.98. The van der Waals surface area contributed by atoms with Gasteiger partial charge in [-0.05, 0) is 73.2 Å². The molecule has 3 nitrogen and oxygen atoms in total.